The zero-order valence-corrected chi connectivity index (χ0v) is 9.74. The average Bonchev–Trinajstić information content (AvgIpc) is 2.73. The number of fused-ring (bicyclic) bond motifs is 4. The summed E-state index contributed by atoms with van der Waals surface area (Å²) in [4.78, 5) is 8.63. The minimum atomic E-state index is 1.10. The Hall–Kier alpha value is -2.00. The van der Waals surface area contributed by atoms with Gasteiger partial charge in [0.05, 0.1) is 10.2 Å². The third kappa shape index (κ3) is 1.26. The maximum Gasteiger partial charge on any atom is 0.0888 e. The largest absolute Gasteiger partial charge is 0.264 e. The molecular formula is C14H8N2S. The predicted octanol–water partition coefficient (Wildman–Crippen LogP) is 4.00. The molecule has 0 amide bonds. The van der Waals surface area contributed by atoms with Crippen molar-refractivity contribution in [3.05, 3.63) is 48.9 Å². The minimum Gasteiger partial charge on any atom is -0.264 e. The molecule has 0 radical (unpaired) electrons. The summed E-state index contributed by atoms with van der Waals surface area (Å²) in [6.45, 7) is 0. The second-order valence-electron chi connectivity index (χ2n) is 4.02. The van der Waals surface area contributed by atoms with Gasteiger partial charge in [-0.1, -0.05) is 0 Å². The molecule has 0 bridgehead atoms. The molecule has 0 aliphatic carbocycles. The SMILES string of the molecule is c1cnc2c(c1)sc1cc3ccncc3cc12. The van der Waals surface area contributed by atoms with Crippen LogP contribution < -0.4 is 0 Å². The molecule has 4 aromatic rings. The Balaban J connectivity index is 2.28. The number of rotatable bonds is 0. The number of hydrogen-bond acceptors (Lipinski definition) is 3. The van der Waals surface area contributed by atoms with E-state index in [1.807, 2.05) is 30.7 Å². The molecule has 4 rings (SSSR count). The fourth-order valence-electron chi connectivity index (χ4n) is 2.18. The quantitative estimate of drug-likeness (QED) is 0.461. The maximum absolute atomic E-state index is 4.47. The van der Waals surface area contributed by atoms with E-state index in [2.05, 4.69) is 28.2 Å². The highest BCUT2D eigenvalue weighted by atomic mass is 32.1. The molecule has 0 spiro atoms. The molecule has 17 heavy (non-hydrogen) atoms. The van der Waals surface area contributed by atoms with Crippen LogP contribution in [0.2, 0.25) is 0 Å². The molecule has 1 aromatic carbocycles. The number of thiophene rings is 1. The summed E-state index contributed by atoms with van der Waals surface area (Å²) in [7, 11) is 0. The summed E-state index contributed by atoms with van der Waals surface area (Å²) in [6.07, 6.45) is 5.59. The summed E-state index contributed by atoms with van der Waals surface area (Å²) >= 11 is 1.79. The van der Waals surface area contributed by atoms with Gasteiger partial charge >= 0.3 is 0 Å². The van der Waals surface area contributed by atoms with E-state index in [4.69, 9.17) is 0 Å². The Labute approximate surface area is 102 Å². The van der Waals surface area contributed by atoms with Gasteiger partial charge in [-0.05, 0) is 35.7 Å². The van der Waals surface area contributed by atoms with Crippen molar-refractivity contribution >= 4 is 42.4 Å². The van der Waals surface area contributed by atoms with Gasteiger partial charge < -0.3 is 0 Å². The number of benzene rings is 1. The fraction of sp³-hybridized carbons (Fsp3) is 0. The lowest BCUT2D eigenvalue weighted by molar-refractivity contribution is 1.37. The molecule has 2 nitrogen and oxygen atoms in total. The molecule has 0 N–H and O–H groups in total. The van der Waals surface area contributed by atoms with Crippen molar-refractivity contribution in [2.45, 2.75) is 0 Å². The first-order valence-corrected chi connectivity index (χ1v) is 6.24. The van der Waals surface area contributed by atoms with Crippen LogP contribution in [-0.2, 0) is 0 Å². The lowest BCUT2D eigenvalue weighted by atomic mass is 10.1. The van der Waals surface area contributed by atoms with Crippen LogP contribution in [0.4, 0.5) is 0 Å². The standard InChI is InChI=1S/C14H8N2S/c1-2-12-14(16-4-1)11-6-10-8-15-5-3-9(10)7-13(11)17-12/h1-8H. The molecule has 0 atom stereocenters. The molecule has 3 aromatic heterocycles. The van der Waals surface area contributed by atoms with Gasteiger partial charge in [0.2, 0.25) is 0 Å². The van der Waals surface area contributed by atoms with Crippen molar-refractivity contribution in [1.82, 2.24) is 9.97 Å². The van der Waals surface area contributed by atoms with E-state index in [9.17, 15) is 0 Å². The van der Waals surface area contributed by atoms with Crippen LogP contribution >= 0.6 is 11.3 Å². The van der Waals surface area contributed by atoms with E-state index in [0.717, 1.165) is 5.52 Å². The van der Waals surface area contributed by atoms with E-state index in [-0.39, 0.29) is 0 Å². The molecule has 0 aliphatic rings. The number of hydrogen-bond donors (Lipinski definition) is 0. The zero-order chi connectivity index (χ0) is 11.2. The van der Waals surface area contributed by atoms with Crippen molar-refractivity contribution in [2.75, 3.05) is 0 Å². The van der Waals surface area contributed by atoms with Crippen LogP contribution in [0.15, 0.2) is 48.9 Å². The Morgan fingerprint density at radius 1 is 0.941 bits per heavy atom. The number of aromatic nitrogens is 2. The Morgan fingerprint density at radius 3 is 2.94 bits per heavy atom. The first kappa shape index (κ1) is 9.07. The van der Waals surface area contributed by atoms with Crippen LogP contribution in [0, 0.1) is 0 Å². The Morgan fingerprint density at radius 2 is 1.94 bits per heavy atom. The van der Waals surface area contributed by atoms with E-state index < -0.39 is 0 Å². The van der Waals surface area contributed by atoms with Crippen molar-refractivity contribution in [2.24, 2.45) is 0 Å². The number of nitrogens with zero attached hydrogens (tertiary/aromatic N) is 2. The zero-order valence-electron chi connectivity index (χ0n) is 8.92. The smallest absolute Gasteiger partial charge is 0.0888 e. The topological polar surface area (TPSA) is 25.8 Å². The minimum absolute atomic E-state index is 1.10. The van der Waals surface area contributed by atoms with Gasteiger partial charge in [0.1, 0.15) is 0 Å². The molecule has 0 saturated carbocycles. The van der Waals surface area contributed by atoms with E-state index in [1.54, 1.807) is 11.3 Å². The van der Waals surface area contributed by atoms with Gasteiger partial charge in [-0.25, -0.2) is 0 Å². The van der Waals surface area contributed by atoms with E-state index >= 15 is 0 Å². The van der Waals surface area contributed by atoms with Gasteiger partial charge in [-0.3, -0.25) is 9.97 Å². The molecular weight excluding hydrogens is 228 g/mol. The first-order valence-electron chi connectivity index (χ1n) is 5.43. The van der Waals surface area contributed by atoms with Gasteiger partial charge in [-0.15, -0.1) is 11.3 Å². The molecule has 80 valence electrons. The third-order valence-corrected chi connectivity index (χ3v) is 4.09. The van der Waals surface area contributed by atoms with Crippen molar-refractivity contribution < 1.29 is 0 Å². The van der Waals surface area contributed by atoms with Crippen molar-refractivity contribution in [3.63, 3.8) is 0 Å². The Kier molecular flexibility index (Phi) is 1.73. The maximum atomic E-state index is 4.47. The summed E-state index contributed by atoms with van der Waals surface area (Å²) in [5.74, 6) is 0. The van der Waals surface area contributed by atoms with Gasteiger partial charge in [0, 0.05) is 34.1 Å². The monoisotopic (exact) mass is 236 g/mol. The fourth-order valence-corrected chi connectivity index (χ4v) is 3.27. The van der Waals surface area contributed by atoms with Gasteiger partial charge in [0.15, 0.2) is 0 Å². The van der Waals surface area contributed by atoms with E-state index in [0.29, 0.717) is 0 Å². The van der Waals surface area contributed by atoms with Crippen molar-refractivity contribution in [3.8, 4) is 0 Å². The molecule has 3 heterocycles. The van der Waals surface area contributed by atoms with Crippen LogP contribution in [0.25, 0.3) is 31.1 Å². The summed E-state index contributed by atoms with van der Waals surface area (Å²) in [5, 5.41) is 3.63. The summed E-state index contributed by atoms with van der Waals surface area (Å²) < 4.78 is 2.53. The summed E-state index contributed by atoms with van der Waals surface area (Å²) in [5.41, 5.74) is 1.10. The molecule has 3 heteroatoms. The van der Waals surface area contributed by atoms with Gasteiger partial charge in [-0.2, -0.15) is 0 Å². The van der Waals surface area contributed by atoms with E-state index in [1.165, 1.54) is 25.6 Å². The second-order valence-corrected chi connectivity index (χ2v) is 5.11. The lowest BCUT2D eigenvalue weighted by Gasteiger charge is -1.96. The molecule has 0 fully saturated rings. The molecule has 0 aliphatic heterocycles. The van der Waals surface area contributed by atoms with Crippen LogP contribution in [-0.4, -0.2) is 9.97 Å². The van der Waals surface area contributed by atoms with Crippen LogP contribution in [0.5, 0.6) is 0 Å². The highest BCUT2D eigenvalue weighted by Crippen LogP contribution is 2.34. The highest BCUT2D eigenvalue weighted by Gasteiger charge is 2.06. The average molecular weight is 236 g/mol. The third-order valence-electron chi connectivity index (χ3n) is 2.98. The normalized spacial score (nSPS) is 11.5. The summed E-state index contributed by atoms with van der Waals surface area (Å²) in [6, 6.07) is 10.6. The predicted molar refractivity (Wildman–Crippen MR) is 72.4 cm³/mol. The molecule has 0 saturated heterocycles. The highest BCUT2D eigenvalue weighted by molar-refractivity contribution is 7.25. The first-order chi connectivity index (χ1) is 8.42. The van der Waals surface area contributed by atoms with Crippen LogP contribution in [0.3, 0.4) is 0 Å². The number of pyridine rings is 2. The molecule has 0 unspecified atom stereocenters. The van der Waals surface area contributed by atoms with Crippen LogP contribution in [0.1, 0.15) is 0 Å². The Bertz CT molecular complexity index is 842. The van der Waals surface area contributed by atoms with Gasteiger partial charge in [0.25, 0.3) is 0 Å². The lowest BCUT2D eigenvalue weighted by Crippen LogP contribution is -1.76. The second kappa shape index (κ2) is 3.25. The van der Waals surface area contributed by atoms with Crippen molar-refractivity contribution in [1.29, 1.82) is 0 Å².